The zero-order chi connectivity index (χ0) is 21.5. The summed E-state index contributed by atoms with van der Waals surface area (Å²) in [5.41, 5.74) is 2.96. The third kappa shape index (κ3) is 3.78. The van der Waals surface area contributed by atoms with Crippen LogP contribution in [-0.4, -0.2) is 42.8 Å². The van der Waals surface area contributed by atoms with Gasteiger partial charge in [-0.2, -0.15) is 10.1 Å². The van der Waals surface area contributed by atoms with Crippen LogP contribution in [0.25, 0.3) is 11.0 Å². The zero-order valence-corrected chi connectivity index (χ0v) is 17.3. The van der Waals surface area contributed by atoms with Crippen LogP contribution >= 0.6 is 11.6 Å². The highest BCUT2D eigenvalue weighted by atomic mass is 35.5. The van der Waals surface area contributed by atoms with E-state index in [9.17, 15) is 4.39 Å². The first kappa shape index (κ1) is 19.7. The molecule has 4 N–H and O–H groups in total. The molecule has 11 heteroatoms. The van der Waals surface area contributed by atoms with Gasteiger partial charge in [-0.25, -0.2) is 18.7 Å². The fourth-order valence-corrected chi connectivity index (χ4v) is 3.74. The Morgan fingerprint density at radius 3 is 2.90 bits per heavy atom. The number of imidazole rings is 1. The zero-order valence-electron chi connectivity index (χ0n) is 16.5. The molecule has 0 saturated heterocycles. The number of hydrogen-bond donors (Lipinski definition) is 4. The number of benzene rings is 1. The molecule has 31 heavy (non-hydrogen) atoms. The number of nitrogens with one attached hydrogen (secondary N) is 4. The number of nitrogens with zero attached hydrogens (tertiary/aromatic N) is 4. The normalized spacial score (nSPS) is 17.8. The van der Waals surface area contributed by atoms with Crippen molar-refractivity contribution in [1.82, 2.24) is 30.1 Å². The summed E-state index contributed by atoms with van der Waals surface area (Å²) in [7, 11) is 0. The molecule has 1 aromatic carbocycles. The SMILES string of the molecule is CCNc1nc(Cc2ccc3[nH]cnc3c2Cl)c(F)c(Nc2cc([C@@H]3C[C@@H]3F)[nH]n2)n1. The Balaban J connectivity index is 1.47. The van der Waals surface area contributed by atoms with Crippen LogP contribution in [0, 0.1) is 5.82 Å². The van der Waals surface area contributed by atoms with Crippen LogP contribution < -0.4 is 10.6 Å². The molecule has 1 saturated carbocycles. The molecule has 0 radical (unpaired) electrons. The molecule has 3 aromatic heterocycles. The number of rotatable bonds is 7. The molecule has 8 nitrogen and oxygen atoms in total. The number of halogens is 3. The largest absolute Gasteiger partial charge is 0.354 e. The van der Waals surface area contributed by atoms with E-state index in [0.717, 1.165) is 5.52 Å². The second kappa shape index (κ2) is 7.77. The van der Waals surface area contributed by atoms with Crippen molar-refractivity contribution >= 4 is 40.2 Å². The van der Waals surface area contributed by atoms with Crippen molar-refractivity contribution in [3.8, 4) is 0 Å². The Kier molecular flexibility index (Phi) is 4.93. The summed E-state index contributed by atoms with van der Waals surface area (Å²) in [5.74, 6) is -0.177. The first-order chi connectivity index (χ1) is 15.0. The van der Waals surface area contributed by atoms with E-state index in [4.69, 9.17) is 11.6 Å². The summed E-state index contributed by atoms with van der Waals surface area (Å²) < 4.78 is 28.6. The van der Waals surface area contributed by atoms with Crippen LogP contribution in [0.2, 0.25) is 5.02 Å². The lowest BCUT2D eigenvalue weighted by Gasteiger charge is -2.12. The second-order valence-electron chi connectivity index (χ2n) is 7.39. The highest BCUT2D eigenvalue weighted by molar-refractivity contribution is 6.35. The van der Waals surface area contributed by atoms with Crippen molar-refractivity contribution in [2.24, 2.45) is 0 Å². The summed E-state index contributed by atoms with van der Waals surface area (Å²) in [4.78, 5) is 15.7. The molecule has 160 valence electrons. The smallest absolute Gasteiger partial charge is 0.225 e. The minimum atomic E-state index is -0.854. The van der Waals surface area contributed by atoms with E-state index in [2.05, 4.69) is 40.8 Å². The van der Waals surface area contributed by atoms with Gasteiger partial charge in [0.2, 0.25) is 5.95 Å². The Labute approximate surface area is 180 Å². The fourth-order valence-electron chi connectivity index (χ4n) is 3.46. The van der Waals surface area contributed by atoms with Crippen LogP contribution in [0.1, 0.15) is 36.2 Å². The summed E-state index contributed by atoms with van der Waals surface area (Å²) in [6, 6.07) is 5.32. The van der Waals surface area contributed by atoms with E-state index < -0.39 is 12.0 Å². The highest BCUT2D eigenvalue weighted by Crippen LogP contribution is 2.43. The molecule has 1 fully saturated rings. The number of hydrogen-bond acceptors (Lipinski definition) is 6. The van der Waals surface area contributed by atoms with E-state index in [-0.39, 0.29) is 29.8 Å². The molecule has 3 heterocycles. The average molecular weight is 445 g/mol. The minimum Gasteiger partial charge on any atom is -0.354 e. The van der Waals surface area contributed by atoms with Crippen molar-refractivity contribution in [1.29, 1.82) is 0 Å². The van der Waals surface area contributed by atoms with Gasteiger partial charge in [-0.15, -0.1) is 0 Å². The highest BCUT2D eigenvalue weighted by Gasteiger charge is 2.40. The van der Waals surface area contributed by atoms with Gasteiger partial charge in [0, 0.05) is 30.6 Å². The predicted octanol–water partition coefficient (Wildman–Crippen LogP) is 4.46. The van der Waals surface area contributed by atoms with Crippen LogP contribution in [-0.2, 0) is 6.42 Å². The number of H-pyrrole nitrogens is 2. The van der Waals surface area contributed by atoms with Crippen molar-refractivity contribution < 1.29 is 8.78 Å². The van der Waals surface area contributed by atoms with E-state index in [1.54, 1.807) is 12.4 Å². The van der Waals surface area contributed by atoms with Crippen LogP contribution in [0.5, 0.6) is 0 Å². The molecule has 2 atom stereocenters. The summed E-state index contributed by atoms with van der Waals surface area (Å²) in [6.45, 7) is 2.46. The molecule has 0 aliphatic heterocycles. The van der Waals surface area contributed by atoms with Gasteiger partial charge in [-0.3, -0.25) is 5.10 Å². The van der Waals surface area contributed by atoms with Gasteiger partial charge in [0.05, 0.1) is 22.6 Å². The molecule has 1 aliphatic rings. The van der Waals surface area contributed by atoms with Gasteiger partial charge in [-0.05, 0) is 25.0 Å². The Morgan fingerprint density at radius 2 is 2.13 bits per heavy atom. The molecule has 1 aliphatic carbocycles. The quantitative estimate of drug-likeness (QED) is 0.335. The number of aromatic nitrogens is 6. The van der Waals surface area contributed by atoms with Crippen molar-refractivity contribution in [2.75, 3.05) is 17.2 Å². The standard InChI is InChI=1S/C20H19ClF2N8/c1-2-24-20-27-14(5-9-3-4-12-18(16(9)21)26-8-25-12)17(23)19(29-20)28-15-7-13(30-31-15)10-6-11(10)22/h3-4,7-8,10-11H,2,5-6H2,1H3,(H,25,26)(H3,24,27,28,29,30,31)/t10-,11+/m1/s1. The van der Waals surface area contributed by atoms with E-state index in [0.29, 0.717) is 40.6 Å². The lowest BCUT2D eigenvalue weighted by atomic mass is 10.1. The van der Waals surface area contributed by atoms with Gasteiger partial charge in [0.1, 0.15) is 11.7 Å². The number of alkyl halides is 1. The van der Waals surface area contributed by atoms with Crippen LogP contribution in [0.3, 0.4) is 0 Å². The van der Waals surface area contributed by atoms with Gasteiger partial charge in [0.25, 0.3) is 0 Å². The maximum atomic E-state index is 15.3. The Morgan fingerprint density at radius 1 is 1.29 bits per heavy atom. The maximum absolute atomic E-state index is 15.3. The van der Waals surface area contributed by atoms with Crippen molar-refractivity contribution in [3.05, 3.63) is 52.3 Å². The summed E-state index contributed by atoms with van der Waals surface area (Å²) >= 11 is 6.48. The van der Waals surface area contributed by atoms with E-state index in [1.807, 2.05) is 19.1 Å². The van der Waals surface area contributed by atoms with E-state index >= 15 is 4.39 Å². The summed E-state index contributed by atoms with van der Waals surface area (Å²) in [6.07, 6.45) is 1.33. The number of anilines is 3. The number of aromatic amines is 2. The third-order valence-corrected chi connectivity index (χ3v) is 5.60. The first-order valence-electron chi connectivity index (χ1n) is 9.90. The number of fused-ring (bicyclic) bond motifs is 1. The average Bonchev–Trinajstić information content (AvgIpc) is 3.14. The van der Waals surface area contributed by atoms with Gasteiger partial charge < -0.3 is 15.6 Å². The molecule has 0 spiro atoms. The minimum absolute atomic E-state index is 0.0245. The topological polar surface area (TPSA) is 107 Å². The lowest BCUT2D eigenvalue weighted by Crippen LogP contribution is -2.10. The molecular formula is C20H19ClF2N8. The fraction of sp³-hybridized carbons (Fsp3) is 0.300. The second-order valence-corrected chi connectivity index (χ2v) is 7.77. The maximum Gasteiger partial charge on any atom is 0.225 e. The van der Waals surface area contributed by atoms with E-state index in [1.165, 1.54) is 0 Å². The molecule has 0 unspecified atom stereocenters. The molecule has 4 aromatic rings. The molecule has 5 rings (SSSR count). The molecule has 0 amide bonds. The predicted molar refractivity (Wildman–Crippen MR) is 114 cm³/mol. The van der Waals surface area contributed by atoms with Gasteiger partial charge >= 0.3 is 0 Å². The molecule has 0 bridgehead atoms. The van der Waals surface area contributed by atoms with Crippen molar-refractivity contribution in [2.45, 2.75) is 31.9 Å². The van der Waals surface area contributed by atoms with Gasteiger partial charge in [0.15, 0.2) is 17.5 Å². The lowest BCUT2D eigenvalue weighted by molar-refractivity contribution is 0.466. The van der Waals surface area contributed by atoms with Crippen molar-refractivity contribution in [3.63, 3.8) is 0 Å². The Hall–Kier alpha value is -3.27. The third-order valence-electron chi connectivity index (χ3n) is 5.18. The van der Waals surface area contributed by atoms with Gasteiger partial charge in [-0.1, -0.05) is 17.7 Å². The first-order valence-corrected chi connectivity index (χ1v) is 10.3. The van der Waals surface area contributed by atoms with Crippen LogP contribution in [0.4, 0.5) is 26.4 Å². The Bertz CT molecular complexity index is 1250. The summed E-state index contributed by atoms with van der Waals surface area (Å²) in [5, 5.41) is 13.2. The molecular weight excluding hydrogens is 426 g/mol. The van der Waals surface area contributed by atoms with Crippen LogP contribution in [0.15, 0.2) is 24.5 Å². The monoisotopic (exact) mass is 444 g/mol.